The number of alkyl halides is 3. The molecule has 0 aliphatic carbocycles. The number of aliphatic imine (C=N–C) groups is 1. The maximum absolute atomic E-state index is 13.1. The molecule has 31 heavy (non-hydrogen) atoms. The Morgan fingerprint density at radius 2 is 1.87 bits per heavy atom. The van der Waals surface area contributed by atoms with Gasteiger partial charge in [0, 0.05) is 20.6 Å². The van der Waals surface area contributed by atoms with Crippen molar-refractivity contribution in [1.29, 1.82) is 5.26 Å². The number of aromatic nitrogens is 2. The lowest BCUT2D eigenvalue weighted by atomic mass is 10.2. The molecule has 1 aliphatic rings. The van der Waals surface area contributed by atoms with Gasteiger partial charge in [-0.05, 0) is 18.6 Å². The highest BCUT2D eigenvalue weighted by atomic mass is 35.5. The van der Waals surface area contributed by atoms with Gasteiger partial charge in [-0.2, -0.15) is 23.5 Å². The number of halogens is 5. The van der Waals surface area contributed by atoms with Crippen LogP contribution in [-0.4, -0.2) is 56.5 Å². The van der Waals surface area contributed by atoms with Gasteiger partial charge >= 0.3 is 6.18 Å². The van der Waals surface area contributed by atoms with E-state index in [0.29, 0.717) is 18.6 Å². The zero-order valence-corrected chi connectivity index (χ0v) is 18.6. The molecule has 1 aromatic carbocycles. The van der Waals surface area contributed by atoms with Crippen LogP contribution < -0.4 is 4.31 Å². The fourth-order valence-electron chi connectivity index (χ4n) is 3.00. The van der Waals surface area contributed by atoms with Crippen LogP contribution >= 0.6 is 34.0 Å². The minimum atomic E-state index is -4.67. The number of rotatable bonds is 4. The molecule has 1 fully saturated rings. The third-order valence-electron chi connectivity index (χ3n) is 4.29. The van der Waals surface area contributed by atoms with Gasteiger partial charge in [0.05, 0.1) is 27.7 Å². The highest BCUT2D eigenvalue weighted by Gasteiger charge is 2.37. The number of hydrogen-bond acceptors (Lipinski definition) is 6. The second kappa shape index (κ2) is 8.40. The van der Waals surface area contributed by atoms with Crippen molar-refractivity contribution in [3.8, 4) is 11.8 Å². The summed E-state index contributed by atoms with van der Waals surface area (Å²) >= 11 is 12.3. The third kappa shape index (κ3) is 4.56. The van der Waals surface area contributed by atoms with E-state index in [9.17, 15) is 27.5 Å². The number of anilines is 1. The van der Waals surface area contributed by atoms with Crippen LogP contribution in [0.5, 0.6) is 0 Å². The van der Waals surface area contributed by atoms with Crippen LogP contribution in [0.3, 0.4) is 0 Å². The lowest BCUT2D eigenvalue weighted by Gasteiger charge is -2.37. The van der Waals surface area contributed by atoms with Gasteiger partial charge in [-0.15, -0.1) is 10.8 Å². The van der Waals surface area contributed by atoms with Crippen molar-refractivity contribution >= 4 is 51.8 Å². The minimum Gasteiger partial charge on any atom is -0.369 e. The molecule has 0 atom stereocenters. The Labute approximate surface area is 187 Å². The van der Waals surface area contributed by atoms with Crippen LogP contribution in [0.4, 0.5) is 24.7 Å². The fourth-order valence-corrected chi connectivity index (χ4v) is 5.26. The van der Waals surface area contributed by atoms with Crippen molar-refractivity contribution < 1.29 is 22.3 Å². The monoisotopic (exact) mass is 496 g/mol. The first kappa shape index (κ1) is 23.5. The van der Waals surface area contributed by atoms with Gasteiger partial charge in [-0.25, -0.2) is 9.67 Å². The number of benzene rings is 1. The maximum Gasteiger partial charge on any atom is 0.416 e. The van der Waals surface area contributed by atoms with Gasteiger partial charge in [0.1, 0.15) is 17.4 Å². The molecule has 0 amide bonds. The molecular weight excluding hydrogens is 480 g/mol. The highest BCUT2D eigenvalue weighted by molar-refractivity contribution is 8.25. The first-order valence-corrected chi connectivity index (χ1v) is 11.1. The second-order valence-electron chi connectivity index (χ2n) is 6.83. The lowest BCUT2D eigenvalue weighted by molar-refractivity contribution is -0.137. The van der Waals surface area contributed by atoms with Crippen LogP contribution in [0.2, 0.25) is 10.0 Å². The summed E-state index contributed by atoms with van der Waals surface area (Å²) in [7, 11) is 0.132. The molecule has 14 heteroatoms. The van der Waals surface area contributed by atoms with Crippen LogP contribution in [0.25, 0.3) is 5.69 Å². The summed E-state index contributed by atoms with van der Waals surface area (Å²) in [6.07, 6.45) is -2.85. The third-order valence-corrected chi connectivity index (χ3v) is 6.78. The van der Waals surface area contributed by atoms with Crippen molar-refractivity contribution in [2.24, 2.45) is 4.99 Å². The Bertz CT molecular complexity index is 1060. The molecule has 0 spiro atoms. The molecule has 2 heterocycles. The summed E-state index contributed by atoms with van der Waals surface area (Å²) in [5.41, 5.74) is -1.35. The molecule has 2 N–H and O–H groups in total. The fraction of sp³-hybridized carbons (Fsp3) is 0.353. The minimum absolute atomic E-state index is 0.0318. The number of nitriles is 1. The highest BCUT2D eigenvalue weighted by Crippen LogP contribution is 2.54. The Kier molecular flexibility index (Phi) is 6.37. The molecule has 1 aliphatic heterocycles. The summed E-state index contributed by atoms with van der Waals surface area (Å²) in [4.78, 5) is 5.85. The van der Waals surface area contributed by atoms with E-state index in [1.54, 1.807) is 19.0 Å². The molecular formula is C17H17Cl2F3N6O2S. The standard InChI is InChI=1S/C17H17Cl2F3N6O2S/c1-26(2)9-24-16-15(27-4-3-5-31(27,29)30)13(8-23)25-28(16)14-11(18)6-10(7-12(14)19)17(20,21)22/h6-7,9,29-30H,3-5H2,1-2H3/b24-9-. The van der Waals surface area contributed by atoms with Crippen LogP contribution in [0.15, 0.2) is 17.1 Å². The van der Waals surface area contributed by atoms with Crippen molar-refractivity contribution in [3.05, 3.63) is 33.4 Å². The lowest BCUT2D eigenvalue weighted by Crippen LogP contribution is -2.22. The second-order valence-corrected chi connectivity index (χ2v) is 9.76. The number of hydrogen-bond donors (Lipinski definition) is 2. The Balaban J connectivity index is 2.31. The zero-order valence-electron chi connectivity index (χ0n) is 16.2. The first-order valence-electron chi connectivity index (χ1n) is 8.70. The van der Waals surface area contributed by atoms with Gasteiger partial charge in [-0.1, -0.05) is 23.2 Å². The van der Waals surface area contributed by atoms with Gasteiger partial charge < -0.3 is 4.90 Å². The van der Waals surface area contributed by atoms with E-state index in [1.165, 1.54) is 10.6 Å². The molecule has 0 unspecified atom stereocenters. The van der Waals surface area contributed by atoms with Crippen molar-refractivity contribution in [2.45, 2.75) is 12.6 Å². The molecule has 0 radical (unpaired) electrons. The summed E-state index contributed by atoms with van der Waals surface area (Å²) < 4.78 is 62.5. The van der Waals surface area contributed by atoms with Crippen LogP contribution in [0.1, 0.15) is 17.7 Å². The summed E-state index contributed by atoms with van der Waals surface area (Å²) in [6.45, 7) is 0.224. The van der Waals surface area contributed by atoms with Gasteiger partial charge in [0.2, 0.25) is 0 Å². The molecule has 2 aromatic rings. The molecule has 0 bridgehead atoms. The van der Waals surface area contributed by atoms with E-state index in [1.807, 2.05) is 6.07 Å². The van der Waals surface area contributed by atoms with E-state index in [-0.39, 0.29) is 45.2 Å². The van der Waals surface area contributed by atoms with Crippen molar-refractivity contribution in [2.75, 3.05) is 30.7 Å². The summed E-state index contributed by atoms with van der Waals surface area (Å²) in [6, 6.07) is 3.25. The molecule has 1 aromatic heterocycles. The average molecular weight is 497 g/mol. The summed E-state index contributed by atoms with van der Waals surface area (Å²) in [5, 5.41) is 13.0. The van der Waals surface area contributed by atoms with Gasteiger partial charge in [0.15, 0.2) is 11.5 Å². The van der Waals surface area contributed by atoms with Crippen molar-refractivity contribution in [3.63, 3.8) is 0 Å². The molecule has 0 saturated carbocycles. The molecule has 8 nitrogen and oxygen atoms in total. The van der Waals surface area contributed by atoms with E-state index in [0.717, 1.165) is 4.68 Å². The SMILES string of the molecule is CN(C)/C=N\c1c(N2CCCS2(O)O)c(C#N)nn1-c1c(Cl)cc(C(F)(F)F)cc1Cl. The van der Waals surface area contributed by atoms with E-state index < -0.39 is 22.5 Å². The number of nitrogens with zero attached hydrogens (tertiary/aromatic N) is 6. The first-order chi connectivity index (χ1) is 14.4. The maximum atomic E-state index is 13.1. The normalized spacial score (nSPS) is 17.2. The smallest absolute Gasteiger partial charge is 0.369 e. The Hall–Kier alpha value is -2.17. The zero-order chi connectivity index (χ0) is 23.1. The quantitative estimate of drug-likeness (QED) is 0.447. The predicted molar refractivity (Wildman–Crippen MR) is 115 cm³/mol. The Morgan fingerprint density at radius 3 is 2.32 bits per heavy atom. The largest absolute Gasteiger partial charge is 0.416 e. The molecule has 168 valence electrons. The van der Waals surface area contributed by atoms with Gasteiger partial charge in [0.25, 0.3) is 0 Å². The predicted octanol–water partition coefficient (Wildman–Crippen LogP) is 5.17. The van der Waals surface area contributed by atoms with E-state index in [4.69, 9.17) is 23.2 Å². The van der Waals surface area contributed by atoms with Crippen LogP contribution in [-0.2, 0) is 6.18 Å². The average Bonchev–Trinajstić information content (AvgIpc) is 3.17. The summed E-state index contributed by atoms with van der Waals surface area (Å²) in [5.74, 6) is 0.0671. The van der Waals surface area contributed by atoms with E-state index >= 15 is 0 Å². The molecule has 3 rings (SSSR count). The van der Waals surface area contributed by atoms with E-state index in [2.05, 4.69) is 10.1 Å². The topological polar surface area (TPSA) is 101 Å². The molecule has 1 saturated heterocycles. The van der Waals surface area contributed by atoms with Crippen molar-refractivity contribution in [1.82, 2.24) is 14.7 Å². The van der Waals surface area contributed by atoms with Gasteiger partial charge in [-0.3, -0.25) is 13.4 Å². The Morgan fingerprint density at radius 1 is 1.26 bits per heavy atom. The van der Waals surface area contributed by atoms with Crippen LogP contribution in [0, 0.1) is 11.3 Å².